The van der Waals surface area contributed by atoms with Gasteiger partial charge in [-0.2, -0.15) is 0 Å². The number of carbonyl (C=O) groups is 3. The molecule has 2 aromatic carbocycles. The fourth-order valence-corrected chi connectivity index (χ4v) is 3.62. The number of rotatable bonds is 13. The van der Waals surface area contributed by atoms with Crippen LogP contribution in [0.25, 0.3) is 11.1 Å². The quantitative estimate of drug-likeness (QED) is 0.205. The van der Waals surface area contributed by atoms with Crippen LogP contribution in [0.4, 0.5) is 10.2 Å². The molecule has 4 N–H and O–H groups in total. The van der Waals surface area contributed by atoms with E-state index in [1.54, 1.807) is 48.7 Å². The van der Waals surface area contributed by atoms with Crippen LogP contribution in [0, 0.1) is 5.82 Å². The van der Waals surface area contributed by atoms with Crippen LogP contribution < -0.4 is 16.0 Å². The zero-order valence-corrected chi connectivity index (χ0v) is 19.7. The topological polar surface area (TPSA) is 120 Å². The Morgan fingerprint density at radius 3 is 2.32 bits per heavy atom. The molecule has 37 heavy (non-hydrogen) atoms. The molecule has 1 unspecified atom stereocenters. The number of benzene rings is 2. The van der Waals surface area contributed by atoms with Crippen molar-refractivity contribution in [2.24, 2.45) is 0 Å². The van der Waals surface area contributed by atoms with Crippen molar-refractivity contribution >= 4 is 53.2 Å². The first-order valence-electron chi connectivity index (χ1n) is 11.7. The fraction of sp³-hybridized carbons (Fsp3) is 0.259. The Morgan fingerprint density at radius 1 is 0.919 bits per heavy atom. The summed E-state index contributed by atoms with van der Waals surface area (Å²) in [5.41, 5.74) is 1.63. The SMILES string of the molecule is O=C(O)CC(NC(=O)CNC(=O)CCCCNc1ccccn1)c1ccc(-c2ccccc2F)cc1.[NaH]. The van der Waals surface area contributed by atoms with E-state index in [1.165, 1.54) is 6.07 Å². The minimum absolute atomic E-state index is 0. The van der Waals surface area contributed by atoms with E-state index < -0.39 is 17.9 Å². The van der Waals surface area contributed by atoms with E-state index in [0.29, 0.717) is 29.7 Å². The molecule has 1 aromatic heterocycles. The second-order valence-electron chi connectivity index (χ2n) is 8.20. The molecule has 0 saturated heterocycles. The van der Waals surface area contributed by atoms with Crippen LogP contribution in [0.15, 0.2) is 72.9 Å². The average Bonchev–Trinajstić information content (AvgIpc) is 2.88. The number of hydrogen-bond donors (Lipinski definition) is 4. The molecule has 1 atom stereocenters. The molecule has 190 valence electrons. The van der Waals surface area contributed by atoms with Crippen LogP contribution in [0.3, 0.4) is 0 Å². The Bertz CT molecular complexity index is 1160. The number of anilines is 1. The van der Waals surface area contributed by atoms with Crippen molar-refractivity contribution in [3.63, 3.8) is 0 Å². The third-order valence-corrected chi connectivity index (χ3v) is 5.46. The van der Waals surface area contributed by atoms with Crippen molar-refractivity contribution in [3.05, 3.63) is 84.3 Å². The van der Waals surface area contributed by atoms with Crippen LogP contribution in [0.5, 0.6) is 0 Å². The van der Waals surface area contributed by atoms with Gasteiger partial charge in [0.25, 0.3) is 0 Å². The summed E-state index contributed by atoms with van der Waals surface area (Å²) in [6.45, 7) is 0.422. The average molecular weight is 517 g/mol. The molecule has 0 radical (unpaired) electrons. The normalized spacial score (nSPS) is 11.1. The number of nitrogens with one attached hydrogen (secondary N) is 3. The van der Waals surface area contributed by atoms with Crippen LogP contribution in [0.2, 0.25) is 0 Å². The third kappa shape index (κ3) is 10.3. The summed E-state index contributed by atoms with van der Waals surface area (Å²) in [4.78, 5) is 40.0. The summed E-state index contributed by atoms with van der Waals surface area (Å²) >= 11 is 0. The first-order valence-corrected chi connectivity index (χ1v) is 11.7. The number of nitrogens with zero attached hydrogens (tertiary/aromatic N) is 1. The van der Waals surface area contributed by atoms with Crippen LogP contribution in [-0.4, -0.2) is 70.5 Å². The fourth-order valence-electron chi connectivity index (χ4n) is 3.62. The van der Waals surface area contributed by atoms with E-state index in [9.17, 15) is 23.9 Å². The zero-order chi connectivity index (χ0) is 25.8. The molecule has 0 aliphatic carbocycles. The van der Waals surface area contributed by atoms with E-state index in [4.69, 9.17) is 0 Å². The molecular weight excluding hydrogens is 486 g/mol. The van der Waals surface area contributed by atoms with E-state index >= 15 is 0 Å². The summed E-state index contributed by atoms with van der Waals surface area (Å²) in [5, 5.41) is 17.7. The van der Waals surface area contributed by atoms with Gasteiger partial charge >= 0.3 is 35.5 Å². The number of carboxylic acid groups (broad SMARTS) is 1. The molecule has 0 aliphatic rings. The van der Waals surface area contributed by atoms with Crippen molar-refractivity contribution in [2.45, 2.75) is 31.7 Å². The predicted molar refractivity (Wildman–Crippen MR) is 142 cm³/mol. The van der Waals surface area contributed by atoms with E-state index in [-0.39, 0.29) is 60.7 Å². The number of pyridine rings is 1. The monoisotopic (exact) mass is 516 g/mol. The van der Waals surface area contributed by atoms with Gasteiger partial charge < -0.3 is 21.1 Å². The molecule has 3 aromatic rings. The Balaban J connectivity index is 0.00000481. The number of aromatic nitrogens is 1. The van der Waals surface area contributed by atoms with E-state index in [1.807, 2.05) is 18.2 Å². The van der Waals surface area contributed by atoms with Crippen molar-refractivity contribution < 1.29 is 23.9 Å². The molecular formula is C27H30FN4NaO4. The third-order valence-electron chi connectivity index (χ3n) is 5.46. The molecule has 0 fully saturated rings. The maximum atomic E-state index is 14.0. The number of hydrogen-bond acceptors (Lipinski definition) is 5. The molecule has 8 nitrogen and oxygen atoms in total. The Hall–Kier alpha value is -3.27. The molecule has 0 saturated carbocycles. The van der Waals surface area contributed by atoms with Gasteiger partial charge in [0.2, 0.25) is 11.8 Å². The van der Waals surface area contributed by atoms with Gasteiger partial charge in [-0.25, -0.2) is 9.37 Å². The molecule has 10 heteroatoms. The van der Waals surface area contributed by atoms with Crippen LogP contribution in [-0.2, 0) is 14.4 Å². The summed E-state index contributed by atoms with van der Waals surface area (Å²) in [7, 11) is 0. The van der Waals surface area contributed by atoms with Gasteiger partial charge in [-0.15, -0.1) is 0 Å². The van der Waals surface area contributed by atoms with Gasteiger partial charge in [-0.05, 0) is 42.2 Å². The minimum atomic E-state index is -1.08. The van der Waals surface area contributed by atoms with Crippen molar-refractivity contribution in [1.82, 2.24) is 15.6 Å². The Labute approximate surface area is 237 Å². The van der Waals surface area contributed by atoms with E-state index in [2.05, 4.69) is 20.9 Å². The summed E-state index contributed by atoms with van der Waals surface area (Å²) in [6, 6.07) is 17.8. The van der Waals surface area contributed by atoms with Gasteiger partial charge in [-0.3, -0.25) is 14.4 Å². The summed E-state index contributed by atoms with van der Waals surface area (Å²) in [5.74, 6) is -1.42. The van der Waals surface area contributed by atoms with Crippen molar-refractivity contribution in [2.75, 3.05) is 18.4 Å². The number of aliphatic carboxylic acids is 1. The Kier molecular flexibility index (Phi) is 12.8. The Morgan fingerprint density at radius 2 is 1.65 bits per heavy atom. The van der Waals surface area contributed by atoms with Crippen molar-refractivity contribution in [3.8, 4) is 11.1 Å². The number of halogens is 1. The second-order valence-corrected chi connectivity index (χ2v) is 8.20. The summed E-state index contributed by atoms with van der Waals surface area (Å²) < 4.78 is 14.0. The summed E-state index contributed by atoms with van der Waals surface area (Å²) in [6.07, 6.45) is 3.04. The first-order chi connectivity index (χ1) is 17.4. The molecule has 3 rings (SSSR count). The predicted octanol–water partition coefficient (Wildman–Crippen LogP) is 3.27. The van der Waals surface area contributed by atoms with Crippen LogP contribution in [0.1, 0.15) is 37.3 Å². The zero-order valence-electron chi connectivity index (χ0n) is 19.7. The van der Waals surface area contributed by atoms with Gasteiger partial charge in [0.05, 0.1) is 19.0 Å². The number of unbranched alkanes of at least 4 members (excludes halogenated alkanes) is 1. The number of carbonyl (C=O) groups excluding carboxylic acids is 2. The molecule has 1 heterocycles. The van der Waals surface area contributed by atoms with Gasteiger partial charge in [0.15, 0.2) is 0 Å². The van der Waals surface area contributed by atoms with Gasteiger partial charge in [-0.1, -0.05) is 48.5 Å². The number of carboxylic acids is 1. The second kappa shape index (κ2) is 15.8. The molecule has 0 bridgehead atoms. The van der Waals surface area contributed by atoms with Gasteiger partial charge in [0.1, 0.15) is 11.6 Å². The molecule has 2 amide bonds. The maximum absolute atomic E-state index is 14.0. The van der Waals surface area contributed by atoms with E-state index in [0.717, 1.165) is 12.2 Å². The molecule has 0 spiro atoms. The van der Waals surface area contributed by atoms with Gasteiger partial charge in [0, 0.05) is 24.7 Å². The van der Waals surface area contributed by atoms with Crippen molar-refractivity contribution in [1.29, 1.82) is 0 Å². The first kappa shape index (κ1) is 30.0. The van der Waals surface area contributed by atoms with Crippen LogP contribution >= 0.6 is 0 Å². The molecule has 0 aliphatic heterocycles. The number of amides is 2. The standard InChI is InChI=1S/C27H29FN4O4.Na.H/c28-22-8-2-1-7-21(22)19-11-13-20(14-12-19)23(17-27(35)36)32-26(34)18-31-25(33)10-4-6-16-30-24-9-3-5-15-29-24;;/h1-3,5,7-9,11-15,23H,4,6,10,16-18H2,(H,29,30)(H,31,33)(H,32,34)(H,35,36);;.